The molecule has 1 aliphatic rings. The van der Waals surface area contributed by atoms with Gasteiger partial charge >= 0.3 is 0 Å². The third kappa shape index (κ3) is 2.89. The van der Waals surface area contributed by atoms with Gasteiger partial charge in [0, 0.05) is 10.4 Å². The Bertz CT molecular complexity index is 913. The fourth-order valence-electron chi connectivity index (χ4n) is 3.05. The fourth-order valence-corrected chi connectivity index (χ4v) is 5.32. The highest BCUT2D eigenvalue weighted by Gasteiger charge is 2.34. The minimum atomic E-state index is -0.120. The molecule has 2 aromatic heterocycles. The normalized spacial score (nSPS) is 20.0. The number of hydrogen-bond acceptors (Lipinski definition) is 4. The van der Waals surface area contributed by atoms with Crippen molar-refractivity contribution < 1.29 is 4.79 Å². The van der Waals surface area contributed by atoms with Gasteiger partial charge in [-0.3, -0.25) is 4.79 Å². The molecule has 1 aliphatic heterocycles. The van der Waals surface area contributed by atoms with Gasteiger partial charge in [0.1, 0.15) is 5.82 Å². The highest BCUT2D eigenvalue weighted by Crippen LogP contribution is 2.47. The Hall–Kier alpha value is -2.05. The zero-order chi connectivity index (χ0) is 17.6. The van der Waals surface area contributed by atoms with Gasteiger partial charge in [0.05, 0.1) is 21.9 Å². The van der Waals surface area contributed by atoms with Gasteiger partial charge < -0.3 is 5.32 Å². The van der Waals surface area contributed by atoms with Crippen molar-refractivity contribution in [3.05, 3.63) is 63.5 Å². The van der Waals surface area contributed by atoms with Crippen LogP contribution >= 0.6 is 23.1 Å². The molecule has 0 radical (unpaired) electrons. The molecule has 0 aliphatic carbocycles. The summed E-state index contributed by atoms with van der Waals surface area (Å²) in [6.07, 6.45) is 0. The molecule has 1 N–H and O–H groups in total. The van der Waals surface area contributed by atoms with E-state index in [4.69, 9.17) is 5.10 Å². The summed E-state index contributed by atoms with van der Waals surface area (Å²) in [5.41, 5.74) is 4.21. The second-order valence-corrected chi connectivity index (χ2v) is 8.69. The predicted molar refractivity (Wildman–Crippen MR) is 105 cm³/mol. The quantitative estimate of drug-likeness (QED) is 0.711. The minimum absolute atomic E-state index is 0.0265. The monoisotopic (exact) mass is 369 g/mol. The van der Waals surface area contributed by atoms with Crippen molar-refractivity contribution in [1.29, 1.82) is 0 Å². The summed E-state index contributed by atoms with van der Waals surface area (Å²) in [6.45, 7) is 6.05. The number of hydrogen-bond donors (Lipinski definition) is 1. The van der Waals surface area contributed by atoms with Crippen LogP contribution in [-0.2, 0) is 4.79 Å². The lowest BCUT2D eigenvalue weighted by atomic mass is 10.1. The SMILES string of the molecule is Cc1ccc(-n2nc(C)c3c2NC(=O)[C@@H](C)S[C@@H]3c2cccs2)cc1. The van der Waals surface area contributed by atoms with Crippen molar-refractivity contribution in [3.8, 4) is 5.69 Å². The molecule has 1 amide bonds. The molecule has 0 unspecified atom stereocenters. The van der Waals surface area contributed by atoms with Crippen molar-refractivity contribution >= 4 is 34.8 Å². The Morgan fingerprint density at radius 3 is 2.60 bits per heavy atom. The number of thioether (sulfide) groups is 1. The van der Waals surface area contributed by atoms with E-state index in [9.17, 15) is 4.79 Å². The summed E-state index contributed by atoms with van der Waals surface area (Å²) in [4.78, 5) is 13.8. The Balaban J connectivity index is 1.90. The van der Waals surface area contributed by atoms with E-state index in [1.807, 2.05) is 30.7 Å². The van der Waals surface area contributed by atoms with Crippen LogP contribution in [0.1, 0.15) is 33.9 Å². The largest absolute Gasteiger partial charge is 0.309 e. The molecule has 128 valence electrons. The molecule has 4 nitrogen and oxygen atoms in total. The minimum Gasteiger partial charge on any atom is -0.309 e. The molecule has 3 heterocycles. The number of anilines is 1. The highest BCUT2D eigenvalue weighted by molar-refractivity contribution is 8.01. The number of rotatable bonds is 2. The van der Waals surface area contributed by atoms with Gasteiger partial charge in [-0.25, -0.2) is 4.68 Å². The average Bonchev–Trinajstić information content (AvgIpc) is 3.19. The van der Waals surface area contributed by atoms with E-state index >= 15 is 0 Å². The lowest BCUT2D eigenvalue weighted by molar-refractivity contribution is -0.115. The number of fused-ring (bicyclic) bond motifs is 1. The van der Waals surface area contributed by atoms with Gasteiger partial charge in [0.2, 0.25) is 5.91 Å². The molecule has 0 bridgehead atoms. The van der Waals surface area contributed by atoms with Gasteiger partial charge in [-0.1, -0.05) is 23.8 Å². The fraction of sp³-hybridized carbons (Fsp3) is 0.263. The topological polar surface area (TPSA) is 46.9 Å². The van der Waals surface area contributed by atoms with E-state index in [2.05, 4.69) is 41.9 Å². The first-order valence-corrected chi connectivity index (χ1v) is 10.0. The molecule has 4 rings (SSSR count). The van der Waals surface area contributed by atoms with E-state index in [-0.39, 0.29) is 16.4 Å². The Labute approximate surface area is 155 Å². The first-order valence-electron chi connectivity index (χ1n) is 8.21. The zero-order valence-corrected chi connectivity index (χ0v) is 15.9. The summed E-state index contributed by atoms with van der Waals surface area (Å²) < 4.78 is 1.86. The third-order valence-electron chi connectivity index (χ3n) is 4.40. The van der Waals surface area contributed by atoms with Crippen LogP contribution in [0.2, 0.25) is 0 Å². The van der Waals surface area contributed by atoms with Crippen LogP contribution in [0.3, 0.4) is 0 Å². The molecule has 25 heavy (non-hydrogen) atoms. The maximum Gasteiger partial charge on any atom is 0.238 e. The standard InChI is InChI=1S/C19H19N3OS2/c1-11-6-8-14(9-7-11)22-18-16(12(2)21-22)17(15-5-4-10-24-15)25-13(3)19(23)20-18/h4-10,13,17H,1-3H3,(H,20,23)/t13-,17-/m1/s1. The average molecular weight is 370 g/mol. The molecule has 0 saturated heterocycles. The summed E-state index contributed by atoms with van der Waals surface area (Å²) in [5, 5.41) is 9.94. The molecule has 0 spiro atoms. The number of amides is 1. The van der Waals surface area contributed by atoms with Gasteiger partial charge in [-0.15, -0.1) is 23.1 Å². The second-order valence-electron chi connectivity index (χ2n) is 6.26. The zero-order valence-electron chi connectivity index (χ0n) is 14.3. The Kier molecular flexibility index (Phi) is 4.17. The van der Waals surface area contributed by atoms with E-state index in [1.165, 1.54) is 10.4 Å². The number of thiophene rings is 1. The van der Waals surface area contributed by atoms with E-state index in [1.54, 1.807) is 23.1 Å². The molecule has 3 aromatic rings. The van der Waals surface area contributed by atoms with E-state index in [0.29, 0.717) is 0 Å². The van der Waals surface area contributed by atoms with E-state index < -0.39 is 0 Å². The third-order valence-corrected chi connectivity index (χ3v) is 6.87. The molecule has 0 fully saturated rings. The van der Waals surface area contributed by atoms with Crippen molar-refractivity contribution in [2.24, 2.45) is 0 Å². The molecule has 6 heteroatoms. The van der Waals surface area contributed by atoms with Crippen LogP contribution in [0.4, 0.5) is 5.82 Å². The maximum absolute atomic E-state index is 12.6. The van der Waals surface area contributed by atoms with Crippen LogP contribution in [0.5, 0.6) is 0 Å². The van der Waals surface area contributed by atoms with Gasteiger partial charge in [-0.2, -0.15) is 5.10 Å². The summed E-state index contributed by atoms with van der Waals surface area (Å²) in [5.74, 6) is 0.820. The molecular weight excluding hydrogens is 350 g/mol. The molecule has 2 atom stereocenters. The molecule has 1 aromatic carbocycles. The number of aryl methyl sites for hydroxylation is 2. The summed E-state index contributed by atoms with van der Waals surface area (Å²) in [6, 6.07) is 12.4. The van der Waals surface area contributed by atoms with Gasteiger partial charge in [0.15, 0.2) is 0 Å². The maximum atomic E-state index is 12.6. The highest BCUT2D eigenvalue weighted by atomic mass is 32.2. The second kappa shape index (κ2) is 6.35. The van der Waals surface area contributed by atoms with Crippen LogP contribution in [0.15, 0.2) is 41.8 Å². The molecule has 0 saturated carbocycles. The number of carbonyl (C=O) groups is 1. The lowest BCUT2D eigenvalue weighted by Crippen LogP contribution is -2.22. The number of nitrogens with one attached hydrogen (secondary N) is 1. The smallest absolute Gasteiger partial charge is 0.238 e. The van der Waals surface area contributed by atoms with Crippen molar-refractivity contribution in [1.82, 2.24) is 9.78 Å². The molecular formula is C19H19N3OS2. The van der Waals surface area contributed by atoms with Crippen LogP contribution in [0.25, 0.3) is 5.69 Å². The van der Waals surface area contributed by atoms with Crippen LogP contribution < -0.4 is 5.32 Å². The van der Waals surface area contributed by atoms with Crippen molar-refractivity contribution in [3.63, 3.8) is 0 Å². The Morgan fingerprint density at radius 1 is 1.16 bits per heavy atom. The van der Waals surface area contributed by atoms with Crippen LogP contribution in [-0.4, -0.2) is 20.9 Å². The summed E-state index contributed by atoms with van der Waals surface area (Å²) >= 11 is 3.41. The van der Waals surface area contributed by atoms with Crippen LogP contribution in [0, 0.1) is 13.8 Å². The van der Waals surface area contributed by atoms with Gasteiger partial charge in [0.25, 0.3) is 0 Å². The lowest BCUT2D eigenvalue weighted by Gasteiger charge is -2.15. The first-order chi connectivity index (χ1) is 12.0. The van der Waals surface area contributed by atoms with Crippen molar-refractivity contribution in [2.45, 2.75) is 31.3 Å². The summed E-state index contributed by atoms with van der Waals surface area (Å²) in [7, 11) is 0. The Morgan fingerprint density at radius 2 is 1.92 bits per heavy atom. The first kappa shape index (κ1) is 16.4. The number of carbonyl (C=O) groups excluding carboxylic acids is 1. The number of aromatic nitrogens is 2. The predicted octanol–water partition coefficient (Wildman–Crippen LogP) is 4.71. The van der Waals surface area contributed by atoms with Gasteiger partial charge in [-0.05, 0) is 44.4 Å². The number of benzene rings is 1. The number of nitrogens with zero attached hydrogens (tertiary/aromatic N) is 2. The van der Waals surface area contributed by atoms with Crippen molar-refractivity contribution in [2.75, 3.05) is 5.32 Å². The van der Waals surface area contributed by atoms with E-state index in [0.717, 1.165) is 22.8 Å².